The number of H-pyrrole nitrogens is 1. The smallest absolute Gasteiger partial charge is 0.271 e. The maximum absolute atomic E-state index is 11.7. The van der Waals surface area contributed by atoms with Crippen molar-refractivity contribution in [1.29, 1.82) is 0 Å². The van der Waals surface area contributed by atoms with E-state index in [0.29, 0.717) is 9.35 Å². The summed E-state index contributed by atoms with van der Waals surface area (Å²) in [4.78, 5) is 38.1. The van der Waals surface area contributed by atoms with E-state index in [0.717, 1.165) is 0 Å². The number of pyridine rings is 1. The number of Topliss-reactive ketones (excluding diaryl/α,β-unsaturated/α-hetero) is 1. The van der Waals surface area contributed by atoms with E-state index in [-0.39, 0.29) is 35.8 Å². The number of thiophene rings is 1. The average molecular weight is 355 g/mol. The number of ketones is 1. The van der Waals surface area contributed by atoms with Crippen LogP contribution >= 0.6 is 27.3 Å². The number of nitrogens with one attached hydrogen (secondary N) is 2. The third-order valence-electron chi connectivity index (χ3n) is 2.52. The zero-order chi connectivity index (χ0) is 14.5. The van der Waals surface area contributed by atoms with E-state index in [1.54, 1.807) is 12.1 Å². The van der Waals surface area contributed by atoms with Crippen LogP contribution in [0.4, 0.5) is 5.69 Å². The number of amides is 1. The number of aromatic amines is 1. The van der Waals surface area contributed by atoms with E-state index in [1.165, 1.54) is 23.6 Å². The molecule has 2 rings (SSSR count). The predicted octanol–water partition coefficient (Wildman–Crippen LogP) is 2.80. The molecule has 0 aliphatic heterocycles. The maximum atomic E-state index is 11.7. The first-order valence-electron chi connectivity index (χ1n) is 5.81. The highest BCUT2D eigenvalue weighted by Gasteiger charge is 2.11. The first-order valence-corrected chi connectivity index (χ1v) is 7.48. The van der Waals surface area contributed by atoms with Crippen LogP contribution in [0, 0.1) is 0 Å². The van der Waals surface area contributed by atoms with Gasteiger partial charge in [-0.15, -0.1) is 11.3 Å². The van der Waals surface area contributed by atoms with Crippen molar-refractivity contribution < 1.29 is 9.59 Å². The molecule has 2 N–H and O–H groups in total. The minimum Gasteiger partial charge on any atom is -0.326 e. The van der Waals surface area contributed by atoms with Crippen LogP contribution in [0.2, 0.25) is 0 Å². The van der Waals surface area contributed by atoms with Crippen LogP contribution < -0.4 is 10.9 Å². The Kier molecular flexibility index (Phi) is 4.86. The van der Waals surface area contributed by atoms with Crippen molar-refractivity contribution in [3.63, 3.8) is 0 Å². The first-order chi connectivity index (χ1) is 9.56. The van der Waals surface area contributed by atoms with Gasteiger partial charge in [-0.1, -0.05) is 6.07 Å². The fraction of sp³-hybridized carbons (Fsp3) is 0.154. The van der Waals surface area contributed by atoms with Crippen molar-refractivity contribution in [2.24, 2.45) is 0 Å². The van der Waals surface area contributed by atoms with E-state index in [9.17, 15) is 14.4 Å². The van der Waals surface area contributed by atoms with Gasteiger partial charge in [-0.25, -0.2) is 0 Å². The van der Waals surface area contributed by atoms with Gasteiger partial charge in [-0.05, 0) is 33.4 Å². The average Bonchev–Trinajstić information content (AvgIpc) is 2.94. The molecule has 0 atom stereocenters. The number of carbonyl (C=O) groups is 2. The molecule has 0 saturated heterocycles. The highest BCUT2D eigenvalue weighted by atomic mass is 79.9. The van der Waals surface area contributed by atoms with Crippen molar-refractivity contribution in [2.75, 3.05) is 5.32 Å². The van der Waals surface area contributed by atoms with Gasteiger partial charge in [0.15, 0.2) is 5.78 Å². The highest BCUT2D eigenvalue weighted by Crippen LogP contribution is 2.13. The summed E-state index contributed by atoms with van der Waals surface area (Å²) >= 11 is 4.55. The second-order valence-corrected chi connectivity index (χ2v) is 5.87. The minimum absolute atomic E-state index is 0.0443. The predicted molar refractivity (Wildman–Crippen MR) is 81.3 cm³/mol. The molecule has 0 aliphatic rings. The van der Waals surface area contributed by atoms with E-state index in [1.807, 2.05) is 5.38 Å². The van der Waals surface area contributed by atoms with Gasteiger partial charge in [0.2, 0.25) is 5.91 Å². The lowest BCUT2D eigenvalue weighted by atomic mass is 10.2. The van der Waals surface area contributed by atoms with E-state index in [2.05, 4.69) is 26.2 Å². The molecular weight excluding hydrogens is 344 g/mol. The Balaban J connectivity index is 1.91. The molecule has 104 valence electrons. The Hall–Kier alpha value is -1.73. The Labute approximate surface area is 127 Å². The fourth-order valence-corrected chi connectivity index (χ4v) is 2.59. The van der Waals surface area contributed by atoms with Gasteiger partial charge in [0.1, 0.15) is 5.69 Å². The Morgan fingerprint density at radius 1 is 1.35 bits per heavy atom. The number of hydrogen-bond acceptors (Lipinski definition) is 4. The van der Waals surface area contributed by atoms with Crippen LogP contribution in [0.3, 0.4) is 0 Å². The molecule has 0 unspecified atom stereocenters. The first kappa shape index (κ1) is 14.7. The third kappa shape index (κ3) is 3.88. The van der Waals surface area contributed by atoms with Gasteiger partial charge >= 0.3 is 0 Å². The van der Waals surface area contributed by atoms with E-state index < -0.39 is 0 Å². The topological polar surface area (TPSA) is 79.0 Å². The summed E-state index contributed by atoms with van der Waals surface area (Å²) in [7, 11) is 0. The van der Waals surface area contributed by atoms with Crippen LogP contribution in [0.5, 0.6) is 0 Å². The SMILES string of the molecule is O=C(CCC(=O)c1cccs1)Nc1cc(Br)c[nH]c1=O. The number of halogens is 1. The lowest BCUT2D eigenvalue weighted by molar-refractivity contribution is -0.116. The van der Waals surface area contributed by atoms with Gasteiger partial charge in [-0.2, -0.15) is 0 Å². The zero-order valence-electron chi connectivity index (χ0n) is 10.3. The molecule has 5 nitrogen and oxygen atoms in total. The van der Waals surface area contributed by atoms with Crippen molar-refractivity contribution in [1.82, 2.24) is 4.98 Å². The Bertz CT molecular complexity index is 679. The molecule has 2 aromatic rings. The molecule has 1 amide bonds. The lowest BCUT2D eigenvalue weighted by Gasteiger charge is -2.04. The lowest BCUT2D eigenvalue weighted by Crippen LogP contribution is -2.20. The van der Waals surface area contributed by atoms with E-state index >= 15 is 0 Å². The van der Waals surface area contributed by atoms with Gasteiger partial charge in [0, 0.05) is 23.5 Å². The second-order valence-electron chi connectivity index (χ2n) is 4.01. The van der Waals surface area contributed by atoms with Gasteiger partial charge < -0.3 is 10.3 Å². The summed E-state index contributed by atoms with van der Waals surface area (Å²) in [6, 6.07) is 5.03. The number of anilines is 1. The van der Waals surface area contributed by atoms with Crippen molar-refractivity contribution >= 4 is 44.6 Å². The minimum atomic E-state index is -0.383. The second kappa shape index (κ2) is 6.62. The van der Waals surface area contributed by atoms with Crippen molar-refractivity contribution in [3.8, 4) is 0 Å². The summed E-state index contributed by atoms with van der Waals surface area (Å²) in [5.41, 5.74) is -0.223. The third-order valence-corrected chi connectivity index (χ3v) is 3.89. The van der Waals surface area contributed by atoms with Crippen LogP contribution in [0.25, 0.3) is 0 Å². The highest BCUT2D eigenvalue weighted by molar-refractivity contribution is 9.10. The summed E-state index contributed by atoms with van der Waals surface area (Å²) in [5, 5.41) is 4.30. The maximum Gasteiger partial charge on any atom is 0.271 e. The molecule has 0 aromatic carbocycles. The number of hydrogen-bond donors (Lipinski definition) is 2. The normalized spacial score (nSPS) is 10.2. The molecular formula is C13H11BrN2O3S. The Morgan fingerprint density at radius 3 is 2.85 bits per heavy atom. The van der Waals surface area contributed by atoms with Crippen LogP contribution in [0.1, 0.15) is 22.5 Å². The summed E-state index contributed by atoms with van der Waals surface area (Å²) in [6.45, 7) is 0. The van der Waals surface area contributed by atoms with Gasteiger partial charge in [0.25, 0.3) is 5.56 Å². The van der Waals surface area contributed by atoms with Crippen LogP contribution in [-0.4, -0.2) is 16.7 Å². The molecule has 0 spiro atoms. The van der Waals surface area contributed by atoms with Gasteiger partial charge in [0.05, 0.1) is 4.88 Å². The molecule has 0 saturated carbocycles. The molecule has 2 aromatic heterocycles. The van der Waals surface area contributed by atoms with E-state index in [4.69, 9.17) is 0 Å². The molecule has 0 fully saturated rings. The Morgan fingerprint density at radius 2 is 2.15 bits per heavy atom. The van der Waals surface area contributed by atoms with Crippen molar-refractivity contribution in [2.45, 2.75) is 12.8 Å². The molecule has 0 aliphatic carbocycles. The van der Waals surface area contributed by atoms with Crippen molar-refractivity contribution in [3.05, 3.63) is 49.5 Å². The number of rotatable bonds is 5. The largest absolute Gasteiger partial charge is 0.326 e. The summed E-state index contributed by atoms with van der Waals surface area (Å²) < 4.78 is 0.655. The summed E-state index contributed by atoms with van der Waals surface area (Å²) in [6.07, 6.45) is 1.65. The molecule has 0 bridgehead atoms. The van der Waals surface area contributed by atoms with Crippen LogP contribution in [-0.2, 0) is 4.79 Å². The zero-order valence-corrected chi connectivity index (χ0v) is 12.7. The van der Waals surface area contributed by atoms with Gasteiger partial charge in [-0.3, -0.25) is 14.4 Å². The number of aromatic nitrogens is 1. The quantitative estimate of drug-likeness (QED) is 0.810. The molecule has 2 heterocycles. The van der Waals surface area contributed by atoms with Crippen LogP contribution in [0.15, 0.2) is 39.0 Å². The fourth-order valence-electron chi connectivity index (χ4n) is 1.55. The number of carbonyl (C=O) groups excluding carboxylic acids is 2. The molecule has 20 heavy (non-hydrogen) atoms. The summed E-state index contributed by atoms with van der Waals surface area (Å²) in [5.74, 6) is -0.434. The standard InChI is InChI=1S/C13H11BrN2O3S/c14-8-6-9(13(19)15-7-8)16-12(18)4-3-10(17)11-2-1-5-20-11/h1-2,5-7H,3-4H2,(H,15,19)(H,16,18). The molecule has 0 radical (unpaired) electrons. The monoisotopic (exact) mass is 354 g/mol. The molecule has 7 heteroatoms.